The minimum atomic E-state index is 0.700. The third kappa shape index (κ3) is 2.26. The summed E-state index contributed by atoms with van der Waals surface area (Å²) < 4.78 is 5.18. The SMILES string of the molecule is COc1ncnc(CC2CCNC2)c1C. The summed E-state index contributed by atoms with van der Waals surface area (Å²) in [6.45, 7) is 4.26. The molecule has 1 unspecified atom stereocenters. The number of rotatable bonds is 3. The number of ether oxygens (including phenoxy) is 1. The highest BCUT2D eigenvalue weighted by atomic mass is 16.5. The molecule has 1 aromatic rings. The first-order valence-electron chi connectivity index (χ1n) is 5.36. The van der Waals surface area contributed by atoms with E-state index in [9.17, 15) is 0 Å². The van der Waals surface area contributed by atoms with Crippen molar-refractivity contribution in [2.45, 2.75) is 19.8 Å². The van der Waals surface area contributed by atoms with Crippen LogP contribution < -0.4 is 10.1 Å². The quantitative estimate of drug-likeness (QED) is 0.801. The van der Waals surface area contributed by atoms with Gasteiger partial charge in [-0.05, 0) is 38.8 Å². The van der Waals surface area contributed by atoms with Crippen molar-refractivity contribution in [1.29, 1.82) is 0 Å². The molecule has 2 heterocycles. The standard InChI is InChI=1S/C11H17N3O/c1-8-10(5-9-3-4-12-6-9)13-7-14-11(8)15-2/h7,9,12H,3-6H2,1-2H3. The molecule has 0 aromatic carbocycles. The summed E-state index contributed by atoms with van der Waals surface area (Å²) in [5.41, 5.74) is 2.20. The Kier molecular flexibility index (Phi) is 3.16. The zero-order valence-corrected chi connectivity index (χ0v) is 9.29. The molecule has 15 heavy (non-hydrogen) atoms. The first-order valence-corrected chi connectivity index (χ1v) is 5.36. The van der Waals surface area contributed by atoms with E-state index in [0.717, 1.165) is 30.8 Å². The average Bonchev–Trinajstić information content (AvgIpc) is 2.74. The molecule has 1 fully saturated rings. The summed E-state index contributed by atoms with van der Waals surface area (Å²) in [7, 11) is 1.65. The van der Waals surface area contributed by atoms with Crippen LogP contribution >= 0.6 is 0 Å². The molecule has 0 aliphatic carbocycles. The van der Waals surface area contributed by atoms with Crippen LogP contribution in [0.3, 0.4) is 0 Å². The molecular formula is C11H17N3O. The second-order valence-electron chi connectivity index (χ2n) is 4.02. The number of hydrogen-bond donors (Lipinski definition) is 1. The molecular weight excluding hydrogens is 190 g/mol. The molecule has 1 saturated heterocycles. The maximum atomic E-state index is 5.18. The zero-order valence-electron chi connectivity index (χ0n) is 9.29. The van der Waals surface area contributed by atoms with Gasteiger partial charge in [0.05, 0.1) is 12.8 Å². The van der Waals surface area contributed by atoms with Crippen molar-refractivity contribution in [2.24, 2.45) is 5.92 Å². The van der Waals surface area contributed by atoms with Gasteiger partial charge in [0.1, 0.15) is 6.33 Å². The minimum absolute atomic E-state index is 0.700. The van der Waals surface area contributed by atoms with E-state index < -0.39 is 0 Å². The summed E-state index contributed by atoms with van der Waals surface area (Å²) in [5.74, 6) is 1.41. The van der Waals surface area contributed by atoms with Gasteiger partial charge < -0.3 is 10.1 Å². The molecule has 1 aliphatic rings. The lowest BCUT2D eigenvalue weighted by molar-refractivity contribution is 0.391. The average molecular weight is 207 g/mol. The van der Waals surface area contributed by atoms with Crippen molar-refractivity contribution >= 4 is 0 Å². The first kappa shape index (κ1) is 10.4. The molecule has 0 spiro atoms. The highest BCUT2D eigenvalue weighted by Crippen LogP contribution is 2.20. The topological polar surface area (TPSA) is 47.0 Å². The van der Waals surface area contributed by atoms with E-state index in [1.165, 1.54) is 6.42 Å². The van der Waals surface area contributed by atoms with Crippen LogP contribution in [0.5, 0.6) is 5.88 Å². The first-order chi connectivity index (χ1) is 7.31. The van der Waals surface area contributed by atoms with Gasteiger partial charge in [0.25, 0.3) is 0 Å². The van der Waals surface area contributed by atoms with Crippen molar-refractivity contribution in [2.75, 3.05) is 20.2 Å². The van der Waals surface area contributed by atoms with Crippen LogP contribution in [0.25, 0.3) is 0 Å². The number of aromatic nitrogens is 2. The van der Waals surface area contributed by atoms with Crippen LogP contribution in [0, 0.1) is 12.8 Å². The highest BCUT2D eigenvalue weighted by Gasteiger charge is 2.17. The smallest absolute Gasteiger partial charge is 0.219 e. The Morgan fingerprint density at radius 1 is 1.53 bits per heavy atom. The second kappa shape index (κ2) is 4.57. The van der Waals surface area contributed by atoms with E-state index in [1.54, 1.807) is 13.4 Å². The van der Waals surface area contributed by atoms with Crippen molar-refractivity contribution in [1.82, 2.24) is 15.3 Å². The maximum absolute atomic E-state index is 5.18. The third-order valence-corrected chi connectivity index (χ3v) is 2.98. The van der Waals surface area contributed by atoms with E-state index in [0.29, 0.717) is 11.8 Å². The normalized spacial score (nSPS) is 20.5. The molecule has 1 aromatic heterocycles. The van der Waals surface area contributed by atoms with Gasteiger partial charge in [-0.3, -0.25) is 0 Å². The van der Waals surface area contributed by atoms with Gasteiger partial charge in [0.15, 0.2) is 0 Å². The number of nitrogens with one attached hydrogen (secondary N) is 1. The Morgan fingerprint density at radius 2 is 2.40 bits per heavy atom. The molecule has 0 bridgehead atoms. The predicted octanol–water partition coefficient (Wildman–Crippen LogP) is 0.946. The van der Waals surface area contributed by atoms with Crippen LogP contribution in [-0.2, 0) is 6.42 Å². The molecule has 4 nitrogen and oxygen atoms in total. The van der Waals surface area contributed by atoms with Crippen molar-refractivity contribution < 1.29 is 4.74 Å². The fourth-order valence-corrected chi connectivity index (χ4v) is 2.04. The minimum Gasteiger partial charge on any atom is -0.481 e. The predicted molar refractivity (Wildman–Crippen MR) is 58.0 cm³/mol. The molecule has 0 amide bonds. The van der Waals surface area contributed by atoms with Gasteiger partial charge in [0, 0.05) is 5.56 Å². The largest absolute Gasteiger partial charge is 0.481 e. The summed E-state index contributed by atoms with van der Waals surface area (Å²) >= 11 is 0. The molecule has 1 aliphatic heterocycles. The van der Waals surface area contributed by atoms with Crippen molar-refractivity contribution in [3.05, 3.63) is 17.6 Å². The van der Waals surface area contributed by atoms with Crippen LogP contribution in [-0.4, -0.2) is 30.2 Å². The Labute approximate surface area is 90.1 Å². The lowest BCUT2D eigenvalue weighted by Gasteiger charge is -2.11. The van der Waals surface area contributed by atoms with E-state index in [-0.39, 0.29) is 0 Å². The van der Waals surface area contributed by atoms with Crippen molar-refractivity contribution in [3.8, 4) is 5.88 Å². The van der Waals surface area contributed by atoms with Crippen LogP contribution in [0.2, 0.25) is 0 Å². The van der Waals surface area contributed by atoms with E-state index in [1.807, 2.05) is 6.92 Å². The number of hydrogen-bond acceptors (Lipinski definition) is 4. The summed E-state index contributed by atoms with van der Waals surface area (Å²) in [4.78, 5) is 8.41. The van der Waals surface area contributed by atoms with E-state index in [2.05, 4.69) is 15.3 Å². The molecule has 1 atom stereocenters. The molecule has 1 N–H and O–H groups in total. The summed E-state index contributed by atoms with van der Waals surface area (Å²) in [5, 5.41) is 3.37. The van der Waals surface area contributed by atoms with Gasteiger partial charge in [-0.15, -0.1) is 0 Å². The molecule has 82 valence electrons. The second-order valence-corrected chi connectivity index (χ2v) is 4.02. The van der Waals surface area contributed by atoms with Gasteiger partial charge in [-0.2, -0.15) is 0 Å². The molecule has 2 rings (SSSR count). The Hall–Kier alpha value is -1.16. The Bertz CT molecular complexity index is 335. The number of nitrogens with zero attached hydrogens (tertiary/aromatic N) is 2. The van der Waals surface area contributed by atoms with Crippen molar-refractivity contribution in [3.63, 3.8) is 0 Å². The molecule has 0 saturated carbocycles. The lowest BCUT2D eigenvalue weighted by Crippen LogP contribution is -2.12. The Morgan fingerprint density at radius 3 is 3.07 bits per heavy atom. The maximum Gasteiger partial charge on any atom is 0.219 e. The van der Waals surface area contributed by atoms with E-state index >= 15 is 0 Å². The van der Waals surface area contributed by atoms with E-state index in [4.69, 9.17) is 4.74 Å². The third-order valence-electron chi connectivity index (χ3n) is 2.98. The molecule has 4 heteroatoms. The van der Waals surface area contributed by atoms with Gasteiger partial charge in [-0.1, -0.05) is 0 Å². The van der Waals surface area contributed by atoms with Gasteiger partial charge in [0.2, 0.25) is 5.88 Å². The van der Waals surface area contributed by atoms with Crippen LogP contribution in [0.4, 0.5) is 0 Å². The summed E-state index contributed by atoms with van der Waals surface area (Å²) in [6.07, 6.45) is 3.85. The van der Waals surface area contributed by atoms with Gasteiger partial charge in [-0.25, -0.2) is 9.97 Å². The Balaban J connectivity index is 2.13. The zero-order chi connectivity index (χ0) is 10.7. The monoisotopic (exact) mass is 207 g/mol. The fraction of sp³-hybridized carbons (Fsp3) is 0.636. The number of methoxy groups -OCH3 is 1. The van der Waals surface area contributed by atoms with Gasteiger partial charge >= 0.3 is 0 Å². The fourth-order valence-electron chi connectivity index (χ4n) is 2.04. The lowest BCUT2D eigenvalue weighted by atomic mass is 10.0. The van der Waals surface area contributed by atoms with Crippen LogP contribution in [0.15, 0.2) is 6.33 Å². The van der Waals surface area contributed by atoms with Crippen LogP contribution in [0.1, 0.15) is 17.7 Å². The summed E-state index contributed by atoms with van der Waals surface area (Å²) in [6, 6.07) is 0. The highest BCUT2D eigenvalue weighted by molar-refractivity contribution is 5.28. The molecule has 0 radical (unpaired) electrons.